The molecule has 2 aliphatic rings. The Morgan fingerprint density at radius 3 is 2.11 bits per heavy atom. The molecule has 5 heterocycles. The van der Waals surface area contributed by atoms with Crippen LogP contribution in [0.1, 0.15) is 48.5 Å². The average molecular weight is 508 g/mol. The number of aromatic nitrogens is 7. The number of nitrogens with zero attached hydrogens (tertiary/aromatic N) is 9. The number of hydrogen-bond donors (Lipinski definition) is 0. The molecule has 0 aliphatic carbocycles. The molecule has 178 valence electrons. The van der Waals surface area contributed by atoms with Crippen molar-refractivity contribution in [1.82, 2.24) is 34.5 Å². The lowest BCUT2D eigenvalue weighted by atomic mass is 10.1. The molecule has 0 radical (unpaired) electrons. The second kappa shape index (κ2) is 7.79. The summed E-state index contributed by atoms with van der Waals surface area (Å²) < 4.78 is 3.53. The molecule has 3 aromatic heterocycles. The predicted molar refractivity (Wildman–Crippen MR) is 137 cm³/mol. The van der Waals surface area contributed by atoms with Crippen molar-refractivity contribution in [2.75, 3.05) is 16.3 Å². The van der Waals surface area contributed by atoms with Crippen LogP contribution in [0.15, 0.2) is 30.1 Å². The number of aryl methyl sites for hydroxylation is 3. The summed E-state index contributed by atoms with van der Waals surface area (Å²) in [4.78, 5) is 18.8. The van der Waals surface area contributed by atoms with Crippen LogP contribution in [0.2, 0.25) is 10.0 Å². The lowest BCUT2D eigenvalue weighted by Crippen LogP contribution is -2.31. The molecule has 0 N–H and O–H groups in total. The zero-order chi connectivity index (χ0) is 24.6. The Labute approximate surface area is 212 Å². The smallest absolute Gasteiger partial charge is 0.256 e. The fourth-order valence-electron chi connectivity index (χ4n) is 4.88. The van der Waals surface area contributed by atoms with Gasteiger partial charge in [-0.25, -0.2) is 9.36 Å². The quantitative estimate of drug-likeness (QED) is 0.369. The Balaban J connectivity index is 1.66. The molecule has 6 rings (SSSR count). The fraction of sp³-hybridized carbons (Fsp3) is 0.292. The Morgan fingerprint density at radius 2 is 1.46 bits per heavy atom. The summed E-state index contributed by atoms with van der Waals surface area (Å²) in [6.07, 6.45) is 1.97. The molecular weight excluding hydrogens is 485 g/mol. The van der Waals surface area contributed by atoms with Crippen LogP contribution >= 0.6 is 23.2 Å². The molecule has 4 aromatic rings. The normalized spacial score (nSPS) is 17.8. The average Bonchev–Trinajstić information content (AvgIpc) is 3.46. The molecular formula is C24H23Cl2N9. The molecule has 2 aliphatic heterocycles. The van der Waals surface area contributed by atoms with E-state index < -0.39 is 0 Å². The Morgan fingerprint density at radius 1 is 0.829 bits per heavy atom. The van der Waals surface area contributed by atoms with E-state index in [2.05, 4.69) is 34.8 Å². The van der Waals surface area contributed by atoms with Crippen LogP contribution in [0.5, 0.6) is 0 Å². The first-order chi connectivity index (χ1) is 16.7. The maximum Gasteiger partial charge on any atom is 0.256 e. The van der Waals surface area contributed by atoms with Crippen LogP contribution in [0.3, 0.4) is 0 Å². The SMILES string of the molecule is CCN1/C2=C/c3nc(-n4nc(C)cc4C)nc(n3)-n3nc(C)cc3C(C)N2c2cc(Cl)c(Cl)cc21. The van der Waals surface area contributed by atoms with Crippen LogP contribution in [-0.2, 0) is 0 Å². The minimum absolute atomic E-state index is 0.107. The highest BCUT2D eigenvalue weighted by atomic mass is 35.5. The van der Waals surface area contributed by atoms with E-state index in [-0.39, 0.29) is 6.04 Å². The van der Waals surface area contributed by atoms with Crippen LogP contribution in [0.4, 0.5) is 11.4 Å². The van der Waals surface area contributed by atoms with E-state index in [4.69, 9.17) is 43.3 Å². The molecule has 1 aromatic carbocycles. The first-order valence-electron chi connectivity index (χ1n) is 11.4. The number of hydrogen-bond acceptors (Lipinski definition) is 7. The molecule has 0 saturated heterocycles. The van der Waals surface area contributed by atoms with Gasteiger partial charge in [0, 0.05) is 18.3 Å². The van der Waals surface area contributed by atoms with E-state index in [0.717, 1.165) is 46.5 Å². The molecule has 11 heteroatoms. The number of fused-ring (bicyclic) bond motifs is 7. The van der Waals surface area contributed by atoms with E-state index >= 15 is 0 Å². The largest absolute Gasteiger partial charge is 0.326 e. The van der Waals surface area contributed by atoms with Crippen LogP contribution < -0.4 is 9.80 Å². The molecule has 2 bridgehead atoms. The number of rotatable bonds is 2. The van der Waals surface area contributed by atoms with Gasteiger partial charge in [0.15, 0.2) is 5.82 Å². The third kappa shape index (κ3) is 3.33. The number of anilines is 2. The van der Waals surface area contributed by atoms with Gasteiger partial charge in [0.1, 0.15) is 5.82 Å². The summed E-state index contributed by atoms with van der Waals surface area (Å²) in [5.74, 6) is 2.33. The summed E-state index contributed by atoms with van der Waals surface area (Å²) in [6, 6.07) is 7.78. The number of benzene rings is 1. The van der Waals surface area contributed by atoms with Gasteiger partial charge < -0.3 is 9.80 Å². The van der Waals surface area contributed by atoms with Gasteiger partial charge in [0.25, 0.3) is 11.9 Å². The van der Waals surface area contributed by atoms with Gasteiger partial charge >= 0.3 is 0 Å². The Bertz CT molecular complexity index is 1530. The van der Waals surface area contributed by atoms with Gasteiger partial charge in [-0.15, -0.1) is 0 Å². The summed E-state index contributed by atoms with van der Waals surface area (Å²) >= 11 is 12.9. The highest BCUT2D eigenvalue weighted by Crippen LogP contribution is 2.49. The second-order valence-electron chi connectivity index (χ2n) is 8.80. The van der Waals surface area contributed by atoms with Gasteiger partial charge in [-0.05, 0) is 58.9 Å². The van der Waals surface area contributed by atoms with Crippen LogP contribution in [0, 0.1) is 20.8 Å². The summed E-state index contributed by atoms with van der Waals surface area (Å²) in [5.41, 5.74) is 5.59. The lowest BCUT2D eigenvalue weighted by Gasteiger charge is -2.29. The molecule has 1 unspecified atom stereocenters. The molecule has 0 spiro atoms. The van der Waals surface area contributed by atoms with Crippen LogP contribution in [-0.4, -0.2) is 41.1 Å². The molecule has 0 fully saturated rings. The van der Waals surface area contributed by atoms with E-state index in [1.165, 1.54) is 0 Å². The van der Waals surface area contributed by atoms with Gasteiger partial charge in [0.2, 0.25) is 0 Å². The van der Waals surface area contributed by atoms with Crippen molar-refractivity contribution in [1.29, 1.82) is 0 Å². The highest BCUT2D eigenvalue weighted by molar-refractivity contribution is 6.42. The zero-order valence-corrected chi connectivity index (χ0v) is 21.5. The Kier molecular flexibility index (Phi) is 4.91. The Hall–Kier alpha value is -3.43. The third-order valence-corrected chi connectivity index (χ3v) is 7.08. The molecule has 1 atom stereocenters. The first kappa shape index (κ1) is 22.1. The summed E-state index contributed by atoms with van der Waals surface area (Å²) in [5, 5.41) is 10.4. The third-order valence-electron chi connectivity index (χ3n) is 6.36. The van der Waals surface area contributed by atoms with Crippen LogP contribution in [0.25, 0.3) is 18.0 Å². The topological polar surface area (TPSA) is 80.8 Å². The highest BCUT2D eigenvalue weighted by Gasteiger charge is 2.37. The van der Waals surface area contributed by atoms with Gasteiger partial charge in [-0.3, -0.25) is 0 Å². The van der Waals surface area contributed by atoms with E-state index in [1.54, 1.807) is 9.36 Å². The van der Waals surface area contributed by atoms with Crippen molar-refractivity contribution in [2.24, 2.45) is 0 Å². The molecule has 9 nitrogen and oxygen atoms in total. The van der Waals surface area contributed by atoms with Crippen molar-refractivity contribution in [3.63, 3.8) is 0 Å². The van der Waals surface area contributed by atoms with Crippen molar-refractivity contribution in [2.45, 2.75) is 40.7 Å². The monoisotopic (exact) mass is 507 g/mol. The lowest BCUT2D eigenvalue weighted by molar-refractivity contribution is 0.650. The molecule has 35 heavy (non-hydrogen) atoms. The molecule has 0 saturated carbocycles. The summed E-state index contributed by atoms with van der Waals surface area (Å²) in [6.45, 7) is 10.8. The predicted octanol–water partition coefficient (Wildman–Crippen LogP) is 5.19. The summed E-state index contributed by atoms with van der Waals surface area (Å²) in [7, 11) is 0. The van der Waals surface area contributed by atoms with E-state index in [0.29, 0.717) is 27.8 Å². The fourth-order valence-corrected chi connectivity index (χ4v) is 5.19. The van der Waals surface area contributed by atoms with E-state index in [1.807, 2.05) is 45.0 Å². The maximum atomic E-state index is 6.48. The molecule has 0 amide bonds. The van der Waals surface area contributed by atoms with Crippen molar-refractivity contribution in [3.05, 3.63) is 68.7 Å². The van der Waals surface area contributed by atoms with Crippen molar-refractivity contribution in [3.8, 4) is 11.9 Å². The first-order valence-corrected chi connectivity index (χ1v) is 12.1. The standard InChI is InChI=1S/C24H23Cl2N9/c1-6-32-19-9-16(25)17(26)10-20(19)33-15(5)18-8-13(3)31-35(18)24-28-21(11-22(32)33)27-23(29-24)34-14(4)7-12(2)30-34/h7-11,15H,6H2,1-5H3/b22-11-. The minimum Gasteiger partial charge on any atom is -0.326 e. The van der Waals surface area contributed by atoms with Gasteiger partial charge in [-0.1, -0.05) is 23.2 Å². The van der Waals surface area contributed by atoms with Gasteiger partial charge in [0.05, 0.1) is 44.5 Å². The zero-order valence-electron chi connectivity index (χ0n) is 20.0. The number of halogens is 2. The van der Waals surface area contributed by atoms with Crippen molar-refractivity contribution >= 4 is 40.7 Å². The second-order valence-corrected chi connectivity index (χ2v) is 9.62. The van der Waals surface area contributed by atoms with Gasteiger partial charge in [-0.2, -0.15) is 25.1 Å². The maximum absolute atomic E-state index is 6.48. The van der Waals surface area contributed by atoms with Crippen molar-refractivity contribution < 1.29 is 0 Å². The van der Waals surface area contributed by atoms with E-state index in [9.17, 15) is 0 Å². The minimum atomic E-state index is -0.107.